The number of nitrogens with one attached hydrogen (secondary N) is 2. The van der Waals surface area contributed by atoms with Gasteiger partial charge in [0.05, 0.1) is 6.54 Å². The quantitative estimate of drug-likeness (QED) is 0.436. The van der Waals surface area contributed by atoms with Gasteiger partial charge in [-0.05, 0) is 13.5 Å². The van der Waals surface area contributed by atoms with Crippen molar-refractivity contribution in [2.24, 2.45) is 0 Å². The minimum absolute atomic E-state index is 0.0389. The van der Waals surface area contributed by atoms with Gasteiger partial charge in [0, 0.05) is 12.5 Å². The first kappa shape index (κ1) is 13.9. The van der Waals surface area contributed by atoms with Gasteiger partial charge in [0.25, 0.3) is 0 Å². The van der Waals surface area contributed by atoms with Gasteiger partial charge in [-0.3, -0.25) is 4.79 Å². The minimum Gasteiger partial charge on any atom is -0.479 e. The fraction of sp³-hybridized carbons (Fsp3) is 0.778. The molecule has 0 spiro atoms. The van der Waals surface area contributed by atoms with Crippen LogP contribution >= 0.6 is 0 Å². The molecular weight excluding hydrogens is 200 g/mol. The van der Waals surface area contributed by atoms with Crippen LogP contribution in [0.2, 0.25) is 0 Å². The van der Waals surface area contributed by atoms with Crippen LogP contribution < -0.4 is 10.6 Å². The van der Waals surface area contributed by atoms with E-state index in [1.165, 1.54) is 0 Å². The summed E-state index contributed by atoms with van der Waals surface area (Å²) in [4.78, 5) is 21.4. The highest BCUT2D eigenvalue weighted by molar-refractivity contribution is 5.78. The Labute approximate surface area is 88.7 Å². The van der Waals surface area contributed by atoms with Gasteiger partial charge in [-0.15, -0.1) is 0 Å². The molecule has 0 aromatic rings. The van der Waals surface area contributed by atoms with Gasteiger partial charge in [-0.2, -0.15) is 0 Å². The molecule has 0 saturated heterocycles. The lowest BCUT2D eigenvalue weighted by Crippen LogP contribution is -2.39. The van der Waals surface area contributed by atoms with Gasteiger partial charge >= 0.3 is 5.97 Å². The van der Waals surface area contributed by atoms with E-state index in [4.69, 9.17) is 10.2 Å². The molecule has 15 heavy (non-hydrogen) atoms. The maximum absolute atomic E-state index is 11.2. The van der Waals surface area contributed by atoms with Gasteiger partial charge in [0.15, 0.2) is 6.10 Å². The number of aliphatic hydroxyl groups is 1. The van der Waals surface area contributed by atoms with Crippen molar-refractivity contribution in [3.05, 3.63) is 0 Å². The summed E-state index contributed by atoms with van der Waals surface area (Å²) in [6.45, 7) is 4.30. The van der Waals surface area contributed by atoms with Crippen molar-refractivity contribution in [1.82, 2.24) is 10.6 Å². The van der Waals surface area contributed by atoms with E-state index in [9.17, 15) is 9.59 Å². The van der Waals surface area contributed by atoms with E-state index in [2.05, 4.69) is 10.6 Å². The molecule has 0 heterocycles. The summed E-state index contributed by atoms with van der Waals surface area (Å²) < 4.78 is 0. The van der Waals surface area contributed by atoms with Crippen molar-refractivity contribution in [2.75, 3.05) is 13.1 Å². The zero-order valence-electron chi connectivity index (χ0n) is 8.99. The average Bonchev–Trinajstić information content (AvgIpc) is 2.14. The molecular formula is C9H18N2O4. The lowest BCUT2D eigenvalue weighted by molar-refractivity contribution is -0.146. The van der Waals surface area contributed by atoms with Crippen LogP contribution in [0.25, 0.3) is 0 Å². The van der Waals surface area contributed by atoms with E-state index in [1.54, 1.807) is 0 Å². The molecule has 0 aliphatic carbocycles. The molecule has 0 rings (SSSR count). The molecule has 0 saturated carbocycles. The third-order valence-corrected chi connectivity index (χ3v) is 1.82. The van der Waals surface area contributed by atoms with Crippen LogP contribution in [0, 0.1) is 0 Å². The van der Waals surface area contributed by atoms with Crippen molar-refractivity contribution < 1.29 is 19.8 Å². The summed E-state index contributed by atoms with van der Waals surface area (Å²) >= 11 is 0. The summed E-state index contributed by atoms with van der Waals surface area (Å²) in [6, 6.07) is 0.0389. The Balaban J connectivity index is 3.70. The number of aliphatic carboxylic acids is 1. The lowest BCUT2D eigenvalue weighted by atomic mass is 10.2. The molecule has 6 heteroatoms. The van der Waals surface area contributed by atoms with Gasteiger partial charge < -0.3 is 20.8 Å². The Morgan fingerprint density at radius 2 is 2.00 bits per heavy atom. The summed E-state index contributed by atoms with van der Waals surface area (Å²) in [7, 11) is 0. The first-order valence-corrected chi connectivity index (χ1v) is 4.88. The Hall–Kier alpha value is -1.14. The predicted molar refractivity (Wildman–Crippen MR) is 54.4 cm³/mol. The fourth-order valence-corrected chi connectivity index (χ4v) is 1.07. The van der Waals surface area contributed by atoms with Crippen LogP contribution in [0.5, 0.6) is 0 Å². The van der Waals surface area contributed by atoms with E-state index in [0.717, 1.165) is 6.54 Å². The van der Waals surface area contributed by atoms with Crippen molar-refractivity contribution >= 4 is 11.9 Å². The van der Waals surface area contributed by atoms with Crippen LogP contribution in [-0.4, -0.2) is 47.3 Å². The summed E-state index contributed by atoms with van der Waals surface area (Å²) in [5, 5.41) is 22.6. The summed E-state index contributed by atoms with van der Waals surface area (Å²) in [5.41, 5.74) is 0. The normalized spacial score (nSPS) is 14.3. The van der Waals surface area contributed by atoms with E-state index in [-0.39, 0.29) is 24.9 Å². The van der Waals surface area contributed by atoms with Crippen LogP contribution in [-0.2, 0) is 9.59 Å². The number of hydrogen-bond donors (Lipinski definition) is 4. The molecule has 2 unspecified atom stereocenters. The topological polar surface area (TPSA) is 98.7 Å². The van der Waals surface area contributed by atoms with Crippen molar-refractivity contribution in [3.8, 4) is 0 Å². The second-order valence-corrected chi connectivity index (χ2v) is 3.32. The lowest BCUT2D eigenvalue weighted by Gasteiger charge is -2.12. The van der Waals surface area contributed by atoms with Gasteiger partial charge in [-0.25, -0.2) is 4.79 Å². The maximum Gasteiger partial charge on any atom is 0.334 e. The fourth-order valence-electron chi connectivity index (χ4n) is 1.07. The Bertz CT molecular complexity index is 220. The van der Waals surface area contributed by atoms with Crippen molar-refractivity contribution in [2.45, 2.75) is 32.4 Å². The number of amides is 1. The van der Waals surface area contributed by atoms with E-state index >= 15 is 0 Å². The number of carbonyl (C=O) groups is 2. The van der Waals surface area contributed by atoms with Crippen LogP contribution in [0.15, 0.2) is 0 Å². The van der Waals surface area contributed by atoms with E-state index in [0.29, 0.717) is 0 Å². The molecule has 4 N–H and O–H groups in total. The third-order valence-electron chi connectivity index (χ3n) is 1.82. The molecule has 0 aromatic carbocycles. The van der Waals surface area contributed by atoms with Gasteiger partial charge in [0.2, 0.25) is 5.91 Å². The first-order chi connectivity index (χ1) is 6.97. The first-order valence-electron chi connectivity index (χ1n) is 4.88. The summed E-state index contributed by atoms with van der Waals surface area (Å²) in [5.74, 6) is -1.61. The van der Waals surface area contributed by atoms with Crippen LogP contribution in [0.4, 0.5) is 0 Å². The summed E-state index contributed by atoms with van der Waals surface area (Å²) in [6.07, 6.45) is -1.27. The number of aliphatic hydroxyl groups excluding tert-OH is 1. The average molecular weight is 218 g/mol. The largest absolute Gasteiger partial charge is 0.479 e. The molecule has 0 fully saturated rings. The zero-order chi connectivity index (χ0) is 11.8. The number of rotatable bonds is 7. The highest BCUT2D eigenvalue weighted by Gasteiger charge is 2.14. The molecule has 88 valence electrons. The molecule has 0 aliphatic rings. The third kappa shape index (κ3) is 6.87. The SMILES string of the molecule is CCNC(C)CC(=O)NCC(O)C(=O)O. The molecule has 0 aliphatic heterocycles. The Morgan fingerprint density at radius 1 is 1.40 bits per heavy atom. The van der Waals surface area contributed by atoms with E-state index < -0.39 is 12.1 Å². The highest BCUT2D eigenvalue weighted by Crippen LogP contribution is 1.90. The van der Waals surface area contributed by atoms with Crippen LogP contribution in [0.1, 0.15) is 20.3 Å². The number of carbonyl (C=O) groups excluding carboxylic acids is 1. The van der Waals surface area contributed by atoms with Gasteiger partial charge in [-0.1, -0.05) is 6.92 Å². The maximum atomic E-state index is 11.2. The smallest absolute Gasteiger partial charge is 0.334 e. The zero-order valence-corrected chi connectivity index (χ0v) is 8.99. The monoisotopic (exact) mass is 218 g/mol. The molecule has 6 nitrogen and oxygen atoms in total. The van der Waals surface area contributed by atoms with Crippen LogP contribution in [0.3, 0.4) is 0 Å². The minimum atomic E-state index is -1.54. The molecule has 1 amide bonds. The standard InChI is InChI=1S/C9H18N2O4/c1-3-10-6(2)4-8(13)11-5-7(12)9(14)15/h6-7,10,12H,3-5H2,1-2H3,(H,11,13)(H,14,15). The number of carboxylic acids is 1. The second kappa shape index (κ2) is 7.19. The van der Waals surface area contributed by atoms with E-state index in [1.807, 2.05) is 13.8 Å². The Morgan fingerprint density at radius 3 is 2.47 bits per heavy atom. The molecule has 0 bridgehead atoms. The second-order valence-electron chi connectivity index (χ2n) is 3.32. The van der Waals surface area contributed by atoms with Crippen molar-refractivity contribution in [1.29, 1.82) is 0 Å². The van der Waals surface area contributed by atoms with Crippen molar-refractivity contribution in [3.63, 3.8) is 0 Å². The molecule has 0 radical (unpaired) electrons. The predicted octanol–water partition coefficient (Wildman–Crippen LogP) is -1.06. The molecule has 0 aromatic heterocycles. The highest BCUT2D eigenvalue weighted by atomic mass is 16.4. The number of hydrogen-bond acceptors (Lipinski definition) is 4. The molecule has 2 atom stereocenters. The number of carboxylic acid groups (broad SMARTS) is 1. The Kier molecular flexibility index (Phi) is 6.64. The van der Waals surface area contributed by atoms with Gasteiger partial charge in [0.1, 0.15) is 0 Å².